The largest absolute Gasteiger partial charge is 0.393 e. The van der Waals surface area contributed by atoms with Gasteiger partial charge >= 0.3 is 0 Å². The summed E-state index contributed by atoms with van der Waals surface area (Å²) in [5.41, 5.74) is 0.171. The molecule has 2 rings (SSSR count). The topological polar surface area (TPSA) is 41.5 Å². The van der Waals surface area contributed by atoms with Crippen LogP contribution in [0, 0.1) is 0 Å². The highest BCUT2D eigenvalue weighted by Gasteiger charge is 2.38. The highest BCUT2D eigenvalue weighted by Crippen LogP contribution is 2.37. The summed E-state index contributed by atoms with van der Waals surface area (Å²) in [6.45, 7) is 3.87. The van der Waals surface area contributed by atoms with Crippen LogP contribution in [0.15, 0.2) is 0 Å². The van der Waals surface area contributed by atoms with E-state index in [2.05, 4.69) is 17.1 Å². The summed E-state index contributed by atoms with van der Waals surface area (Å²) in [6.07, 6.45) is 6.30. The molecule has 0 bridgehead atoms. The maximum atomic E-state index is 9.56. The van der Waals surface area contributed by atoms with Gasteiger partial charge in [0.2, 0.25) is 0 Å². The number of rotatable bonds is 5. The molecule has 4 heteroatoms. The molecule has 0 aromatic carbocycles. The molecule has 2 fully saturated rings. The van der Waals surface area contributed by atoms with Crippen LogP contribution in [0.25, 0.3) is 0 Å². The summed E-state index contributed by atoms with van der Waals surface area (Å²) in [6, 6.07) is 0.589. The Morgan fingerprint density at radius 2 is 2.22 bits per heavy atom. The fourth-order valence-electron chi connectivity index (χ4n) is 2.95. The second kappa shape index (κ2) is 7.13. The van der Waals surface area contributed by atoms with Crippen LogP contribution in [0.1, 0.15) is 45.4 Å². The van der Waals surface area contributed by atoms with Crippen LogP contribution < -0.4 is 5.32 Å². The zero-order valence-electron chi connectivity index (χ0n) is 11.5. The summed E-state index contributed by atoms with van der Waals surface area (Å²) in [5, 5.41) is 13.2. The van der Waals surface area contributed by atoms with Gasteiger partial charge in [0.25, 0.3) is 0 Å². The van der Waals surface area contributed by atoms with Crippen molar-refractivity contribution in [2.24, 2.45) is 0 Å². The first kappa shape index (κ1) is 14.6. The Balaban J connectivity index is 1.72. The van der Waals surface area contributed by atoms with Crippen LogP contribution >= 0.6 is 11.8 Å². The van der Waals surface area contributed by atoms with E-state index in [1.165, 1.54) is 24.3 Å². The summed E-state index contributed by atoms with van der Waals surface area (Å²) < 4.78 is 6.08. The molecule has 2 aliphatic heterocycles. The molecule has 0 aromatic rings. The van der Waals surface area contributed by atoms with Crippen molar-refractivity contribution in [3.05, 3.63) is 0 Å². The summed E-state index contributed by atoms with van der Waals surface area (Å²) in [4.78, 5) is 0. The molecule has 2 N–H and O–H groups in total. The van der Waals surface area contributed by atoms with Crippen LogP contribution in [0.4, 0.5) is 0 Å². The smallest absolute Gasteiger partial charge is 0.0713 e. The first-order chi connectivity index (χ1) is 8.74. The number of thioether (sulfide) groups is 1. The number of nitrogens with one attached hydrogen (secondary N) is 1. The molecule has 2 aliphatic rings. The third-order valence-corrected chi connectivity index (χ3v) is 5.26. The number of ether oxygens (including phenoxy) is 1. The molecule has 2 atom stereocenters. The van der Waals surface area contributed by atoms with E-state index < -0.39 is 0 Å². The van der Waals surface area contributed by atoms with Crippen LogP contribution in [0.5, 0.6) is 0 Å². The van der Waals surface area contributed by atoms with Gasteiger partial charge in [0.15, 0.2) is 0 Å². The molecule has 3 nitrogen and oxygen atoms in total. The molecule has 0 amide bonds. The number of hydrogen-bond donors (Lipinski definition) is 2. The quantitative estimate of drug-likeness (QED) is 0.805. The SMILES string of the molecule is CCC(O)CCNC1CCOC2(CCSCC2)C1. The Morgan fingerprint density at radius 3 is 2.94 bits per heavy atom. The van der Waals surface area contributed by atoms with Gasteiger partial charge in [-0.3, -0.25) is 0 Å². The number of aliphatic hydroxyl groups excluding tert-OH is 1. The van der Waals surface area contributed by atoms with Crippen molar-refractivity contribution in [3.8, 4) is 0 Å². The Labute approximate surface area is 115 Å². The normalized spacial score (nSPS) is 29.3. The maximum Gasteiger partial charge on any atom is 0.0713 e. The lowest BCUT2D eigenvalue weighted by molar-refractivity contribution is -0.0932. The second-order valence-corrected chi connectivity index (χ2v) is 6.86. The van der Waals surface area contributed by atoms with E-state index in [1.54, 1.807) is 0 Å². The predicted octanol–water partition coefficient (Wildman–Crippen LogP) is 2.18. The van der Waals surface area contributed by atoms with Crippen LogP contribution in [-0.2, 0) is 4.74 Å². The minimum atomic E-state index is -0.141. The van der Waals surface area contributed by atoms with Crippen LogP contribution in [0.2, 0.25) is 0 Å². The lowest BCUT2D eigenvalue weighted by Gasteiger charge is -2.43. The summed E-state index contributed by atoms with van der Waals surface area (Å²) in [7, 11) is 0. The lowest BCUT2D eigenvalue weighted by Crippen LogP contribution is -2.49. The molecule has 0 aromatic heterocycles. The summed E-state index contributed by atoms with van der Waals surface area (Å²) in [5.74, 6) is 2.50. The lowest BCUT2D eigenvalue weighted by atomic mass is 9.85. The molecular formula is C14H27NO2S. The van der Waals surface area contributed by atoms with Gasteiger partial charge in [0.05, 0.1) is 11.7 Å². The van der Waals surface area contributed by atoms with Crippen LogP contribution in [-0.4, -0.2) is 47.5 Å². The fourth-order valence-corrected chi connectivity index (χ4v) is 4.19. The van der Waals surface area contributed by atoms with Gasteiger partial charge in [-0.1, -0.05) is 6.92 Å². The van der Waals surface area contributed by atoms with Gasteiger partial charge < -0.3 is 15.2 Å². The second-order valence-electron chi connectivity index (χ2n) is 5.64. The highest BCUT2D eigenvalue weighted by molar-refractivity contribution is 7.99. The molecule has 2 saturated heterocycles. The Morgan fingerprint density at radius 1 is 1.44 bits per heavy atom. The van der Waals surface area contributed by atoms with Crippen molar-refractivity contribution >= 4 is 11.8 Å². The molecule has 0 aliphatic carbocycles. The monoisotopic (exact) mass is 273 g/mol. The van der Waals surface area contributed by atoms with Gasteiger partial charge in [-0.15, -0.1) is 0 Å². The third kappa shape index (κ3) is 4.12. The predicted molar refractivity (Wildman–Crippen MR) is 77.2 cm³/mol. The van der Waals surface area contributed by atoms with E-state index in [9.17, 15) is 5.11 Å². The molecule has 106 valence electrons. The van der Waals surface area contributed by atoms with Gasteiger partial charge in [0, 0.05) is 12.6 Å². The van der Waals surface area contributed by atoms with Crippen LogP contribution in [0.3, 0.4) is 0 Å². The van der Waals surface area contributed by atoms with E-state index in [1.807, 2.05) is 6.92 Å². The molecule has 1 spiro atoms. The van der Waals surface area contributed by atoms with Crippen molar-refractivity contribution in [2.75, 3.05) is 24.7 Å². The average molecular weight is 273 g/mol. The van der Waals surface area contributed by atoms with E-state index >= 15 is 0 Å². The van der Waals surface area contributed by atoms with Crippen molar-refractivity contribution in [3.63, 3.8) is 0 Å². The fraction of sp³-hybridized carbons (Fsp3) is 1.00. The van der Waals surface area contributed by atoms with Crippen molar-refractivity contribution in [1.82, 2.24) is 5.32 Å². The van der Waals surface area contributed by atoms with E-state index in [-0.39, 0.29) is 11.7 Å². The minimum Gasteiger partial charge on any atom is -0.393 e. The van der Waals surface area contributed by atoms with Gasteiger partial charge in [-0.2, -0.15) is 11.8 Å². The zero-order valence-corrected chi connectivity index (χ0v) is 12.3. The first-order valence-electron chi connectivity index (χ1n) is 7.37. The highest BCUT2D eigenvalue weighted by atomic mass is 32.2. The van der Waals surface area contributed by atoms with Gasteiger partial charge in [-0.25, -0.2) is 0 Å². The number of aliphatic hydroxyl groups is 1. The minimum absolute atomic E-state index is 0.141. The third-order valence-electron chi connectivity index (χ3n) is 4.28. The molecule has 0 saturated carbocycles. The van der Waals surface area contributed by atoms with Gasteiger partial charge in [-0.05, 0) is 56.6 Å². The molecule has 2 heterocycles. The first-order valence-corrected chi connectivity index (χ1v) is 8.53. The number of hydrogen-bond acceptors (Lipinski definition) is 4. The molecule has 0 radical (unpaired) electrons. The van der Waals surface area contributed by atoms with Gasteiger partial charge in [0.1, 0.15) is 0 Å². The van der Waals surface area contributed by atoms with Crippen molar-refractivity contribution in [2.45, 2.75) is 63.2 Å². The average Bonchev–Trinajstić information content (AvgIpc) is 2.39. The Kier molecular flexibility index (Phi) is 5.80. The molecular weight excluding hydrogens is 246 g/mol. The maximum absolute atomic E-state index is 9.56. The molecule has 18 heavy (non-hydrogen) atoms. The van der Waals surface area contributed by atoms with E-state index in [0.717, 1.165) is 38.8 Å². The zero-order chi connectivity index (χ0) is 12.8. The van der Waals surface area contributed by atoms with Crippen molar-refractivity contribution < 1.29 is 9.84 Å². The van der Waals surface area contributed by atoms with Crippen molar-refractivity contribution in [1.29, 1.82) is 0 Å². The molecule has 2 unspecified atom stereocenters. The Bertz CT molecular complexity index is 238. The van der Waals surface area contributed by atoms with E-state index in [0.29, 0.717) is 6.04 Å². The standard InChI is InChI=1S/C14H27NO2S/c1-2-13(16)3-7-15-12-4-8-17-14(11-12)5-9-18-10-6-14/h12-13,15-16H,2-11H2,1H3. The Hall–Kier alpha value is 0.230. The van der Waals surface area contributed by atoms with E-state index in [4.69, 9.17) is 4.74 Å². The summed E-state index contributed by atoms with van der Waals surface area (Å²) >= 11 is 2.06.